The third kappa shape index (κ3) is 5.04. The molecule has 32 heavy (non-hydrogen) atoms. The number of anilines is 2. The Labute approximate surface area is 182 Å². The number of carbonyl (C=O) groups excluding carboxylic acids is 3. The van der Waals surface area contributed by atoms with E-state index in [-0.39, 0.29) is 31.5 Å². The first-order chi connectivity index (χ1) is 15.1. The van der Waals surface area contributed by atoms with Gasteiger partial charge in [0.1, 0.15) is 6.61 Å². The first-order valence-corrected chi connectivity index (χ1v) is 10.6. The van der Waals surface area contributed by atoms with E-state index in [1.165, 1.54) is 11.0 Å². The second-order valence-electron chi connectivity index (χ2n) is 8.52. The monoisotopic (exact) mass is 454 g/mol. The van der Waals surface area contributed by atoms with Crippen molar-refractivity contribution in [1.82, 2.24) is 5.32 Å². The quantitative estimate of drug-likeness (QED) is 0.517. The number of nitrogens with two attached hydrogens (primary N) is 1. The van der Waals surface area contributed by atoms with Crippen LogP contribution in [0.3, 0.4) is 0 Å². The van der Waals surface area contributed by atoms with Gasteiger partial charge in [-0.15, -0.1) is 0 Å². The molecule has 174 valence electrons. The predicted octanol–water partition coefficient (Wildman–Crippen LogP) is 1.64. The molecule has 1 saturated heterocycles. The minimum atomic E-state index is -4.80. The Morgan fingerprint density at radius 2 is 1.81 bits per heavy atom. The van der Waals surface area contributed by atoms with Crippen LogP contribution in [-0.2, 0) is 25.3 Å². The van der Waals surface area contributed by atoms with E-state index in [1.54, 1.807) is 0 Å². The van der Waals surface area contributed by atoms with E-state index in [1.807, 2.05) is 0 Å². The standard InChI is InChI=1S/C21H25F3N4O4/c22-21(23,24)14-9-13(28-7-8-32-10-16(28)29)5-6-15(14)26-20(31)18(19(25)30)27-17(11-1-2-11)12-3-4-12/h5-6,9,11-12,17-18,27H,1-4,7-8,10H2,(H2,25,30)(H,26,31)/t18-/m0/s1. The van der Waals surface area contributed by atoms with Gasteiger partial charge in [-0.25, -0.2) is 0 Å². The average Bonchev–Trinajstić information content (AvgIpc) is 3.62. The predicted molar refractivity (Wildman–Crippen MR) is 109 cm³/mol. The molecule has 3 aliphatic rings. The van der Waals surface area contributed by atoms with Crippen molar-refractivity contribution in [2.45, 2.75) is 43.9 Å². The normalized spacial score (nSPS) is 20.4. The average molecular weight is 454 g/mol. The molecule has 11 heteroatoms. The molecule has 2 saturated carbocycles. The fraction of sp³-hybridized carbons (Fsp3) is 0.571. The van der Waals surface area contributed by atoms with Crippen LogP contribution >= 0.6 is 0 Å². The largest absolute Gasteiger partial charge is 0.418 e. The Balaban J connectivity index is 1.55. The van der Waals surface area contributed by atoms with Crippen LogP contribution in [0.25, 0.3) is 0 Å². The molecule has 1 aromatic carbocycles. The summed E-state index contributed by atoms with van der Waals surface area (Å²) in [7, 11) is 0. The van der Waals surface area contributed by atoms with E-state index < -0.39 is 41.2 Å². The van der Waals surface area contributed by atoms with E-state index in [2.05, 4.69) is 10.6 Å². The summed E-state index contributed by atoms with van der Waals surface area (Å²) in [6.07, 6.45) is -0.848. The number of hydrogen-bond acceptors (Lipinski definition) is 5. The molecular weight excluding hydrogens is 429 g/mol. The smallest absolute Gasteiger partial charge is 0.370 e. The highest BCUT2D eigenvalue weighted by Crippen LogP contribution is 2.44. The zero-order valence-corrected chi connectivity index (χ0v) is 17.3. The number of ether oxygens (including phenoxy) is 1. The lowest BCUT2D eigenvalue weighted by atomic mass is 10.0. The molecular formula is C21H25F3N4O4. The summed E-state index contributed by atoms with van der Waals surface area (Å²) in [5, 5.41) is 5.20. The third-order valence-corrected chi connectivity index (χ3v) is 6.03. The summed E-state index contributed by atoms with van der Waals surface area (Å²) in [6, 6.07) is 1.72. The van der Waals surface area contributed by atoms with Gasteiger partial charge in [0.25, 0.3) is 11.8 Å². The second-order valence-corrected chi connectivity index (χ2v) is 8.52. The van der Waals surface area contributed by atoms with Crippen molar-refractivity contribution in [3.05, 3.63) is 23.8 Å². The number of hydrogen-bond donors (Lipinski definition) is 3. The Bertz CT molecular complexity index is 903. The van der Waals surface area contributed by atoms with Gasteiger partial charge in [0.15, 0.2) is 6.04 Å². The van der Waals surface area contributed by atoms with Gasteiger partial charge in [-0.1, -0.05) is 0 Å². The topological polar surface area (TPSA) is 114 Å². The van der Waals surface area contributed by atoms with Crippen molar-refractivity contribution >= 4 is 29.1 Å². The number of amides is 3. The number of nitrogens with zero attached hydrogens (tertiary/aromatic N) is 1. The zero-order valence-electron chi connectivity index (χ0n) is 17.3. The molecule has 4 N–H and O–H groups in total. The summed E-state index contributed by atoms with van der Waals surface area (Å²) < 4.78 is 46.3. The van der Waals surface area contributed by atoms with Gasteiger partial charge in [0.05, 0.1) is 17.9 Å². The Morgan fingerprint density at radius 1 is 1.16 bits per heavy atom. The summed E-state index contributed by atoms with van der Waals surface area (Å²) in [6.45, 7) is 0.120. The maximum atomic E-state index is 13.8. The van der Waals surface area contributed by atoms with Crippen molar-refractivity contribution in [1.29, 1.82) is 0 Å². The number of alkyl halides is 3. The minimum absolute atomic E-state index is 0.0463. The molecule has 3 fully saturated rings. The van der Waals surface area contributed by atoms with Crippen LogP contribution in [-0.4, -0.2) is 49.6 Å². The van der Waals surface area contributed by atoms with Crippen LogP contribution in [0.4, 0.5) is 24.5 Å². The molecule has 4 rings (SSSR count). The highest BCUT2D eigenvalue weighted by atomic mass is 19.4. The molecule has 2 aliphatic carbocycles. The SMILES string of the molecule is NC(=O)[C@H](NC(C1CC1)C1CC1)C(=O)Nc1ccc(N2CCOCC2=O)cc1C(F)(F)F. The molecule has 1 atom stereocenters. The van der Waals surface area contributed by atoms with Crippen molar-refractivity contribution < 1.29 is 32.3 Å². The number of halogens is 3. The van der Waals surface area contributed by atoms with Gasteiger partial charge in [-0.05, 0) is 55.7 Å². The maximum absolute atomic E-state index is 13.8. The van der Waals surface area contributed by atoms with Crippen molar-refractivity contribution in [2.75, 3.05) is 30.0 Å². The second kappa shape index (κ2) is 8.70. The molecule has 1 heterocycles. The molecule has 3 amide bonds. The molecule has 1 aliphatic heterocycles. The Kier molecular flexibility index (Phi) is 6.13. The number of rotatable bonds is 8. The number of carbonyl (C=O) groups is 3. The van der Waals surface area contributed by atoms with Crippen molar-refractivity contribution in [3.63, 3.8) is 0 Å². The summed E-state index contributed by atoms with van der Waals surface area (Å²) >= 11 is 0. The third-order valence-electron chi connectivity index (χ3n) is 6.03. The highest BCUT2D eigenvalue weighted by molar-refractivity contribution is 6.10. The molecule has 0 unspecified atom stereocenters. The van der Waals surface area contributed by atoms with Gasteiger partial charge in [0.2, 0.25) is 5.91 Å². The van der Waals surface area contributed by atoms with Gasteiger partial charge >= 0.3 is 6.18 Å². The Morgan fingerprint density at radius 3 is 2.34 bits per heavy atom. The number of nitrogens with one attached hydrogen (secondary N) is 2. The summed E-state index contributed by atoms with van der Waals surface area (Å²) in [4.78, 5) is 37.9. The molecule has 0 bridgehead atoms. The van der Waals surface area contributed by atoms with Crippen molar-refractivity contribution in [2.24, 2.45) is 17.6 Å². The number of primary amides is 1. The Hall–Kier alpha value is -2.66. The van der Waals surface area contributed by atoms with Crippen LogP contribution in [0.5, 0.6) is 0 Å². The lowest BCUT2D eigenvalue weighted by Gasteiger charge is -2.28. The highest BCUT2D eigenvalue weighted by Gasteiger charge is 2.44. The van der Waals surface area contributed by atoms with Gasteiger partial charge in [-0.2, -0.15) is 13.2 Å². The van der Waals surface area contributed by atoms with E-state index >= 15 is 0 Å². The van der Waals surface area contributed by atoms with Crippen LogP contribution in [0, 0.1) is 11.8 Å². The van der Waals surface area contributed by atoms with Crippen LogP contribution in [0.2, 0.25) is 0 Å². The van der Waals surface area contributed by atoms with Crippen molar-refractivity contribution in [3.8, 4) is 0 Å². The van der Waals surface area contributed by atoms with Gasteiger partial charge in [-0.3, -0.25) is 19.7 Å². The zero-order chi connectivity index (χ0) is 23.0. The summed E-state index contributed by atoms with van der Waals surface area (Å²) in [5.41, 5.74) is 3.83. The summed E-state index contributed by atoms with van der Waals surface area (Å²) in [5.74, 6) is -1.63. The fourth-order valence-electron chi connectivity index (χ4n) is 4.09. The molecule has 0 radical (unpaired) electrons. The van der Waals surface area contributed by atoms with E-state index in [9.17, 15) is 27.6 Å². The lowest BCUT2D eigenvalue weighted by molar-refractivity contribution is -0.137. The molecule has 1 aromatic rings. The van der Waals surface area contributed by atoms with E-state index in [0.717, 1.165) is 37.8 Å². The lowest BCUT2D eigenvalue weighted by Crippen LogP contribution is -2.54. The number of benzene rings is 1. The van der Waals surface area contributed by atoms with E-state index in [4.69, 9.17) is 10.5 Å². The van der Waals surface area contributed by atoms with Crippen LogP contribution < -0.4 is 21.3 Å². The minimum Gasteiger partial charge on any atom is -0.370 e. The van der Waals surface area contributed by atoms with Gasteiger partial charge < -0.3 is 20.7 Å². The molecule has 0 spiro atoms. The van der Waals surface area contributed by atoms with Crippen LogP contribution in [0.1, 0.15) is 31.2 Å². The van der Waals surface area contributed by atoms with Gasteiger partial charge in [0, 0.05) is 18.3 Å². The van der Waals surface area contributed by atoms with Crippen LogP contribution in [0.15, 0.2) is 18.2 Å². The molecule has 8 nitrogen and oxygen atoms in total. The molecule has 0 aromatic heterocycles. The first kappa shape index (κ1) is 22.5. The maximum Gasteiger partial charge on any atom is 0.418 e. The van der Waals surface area contributed by atoms with E-state index in [0.29, 0.717) is 11.8 Å². The number of morpholine rings is 1. The fourth-order valence-corrected chi connectivity index (χ4v) is 4.09. The first-order valence-electron chi connectivity index (χ1n) is 10.6.